The van der Waals surface area contributed by atoms with Crippen molar-refractivity contribution in [3.63, 3.8) is 0 Å². The molecule has 5 rings (SSSR count). The minimum atomic E-state index is -0.542. The predicted octanol–water partition coefficient (Wildman–Crippen LogP) is 3.51. The number of fused-ring (bicyclic) bond motifs is 4. The molecule has 0 atom stereocenters. The summed E-state index contributed by atoms with van der Waals surface area (Å²) in [6, 6.07) is 13.7. The Labute approximate surface area is 175 Å². The molecule has 2 N–H and O–H groups in total. The van der Waals surface area contributed by atoms with Gasteiger partial charge in [-0.2, -0.15) is 0 Å². The second-order valence-electron chi connectivity index (χ2n) is 6.97. The van der Waals surface area contributed by atoms with Gasteiger partial charge in [0.2, 0.25) is 0 Å². The van der Waals surface area contributed by atoms with Crippen LogP contribution in [0.3, 0.4) is 0 Å². The Morgan fingerprint density at radius 2 is 2.07 bits per heavy atom. The van der Waals surface area contributed by atoms with Crippen molar-refractivity contribution in [1.82, 2.24) is 19.1 Å². The van der Waals surface area contributed by atoms with E-state index >= 15 is 0 Å². The van der Waals surface area contributed by atoms with Crippen LogP contribution >= 0.6 is 15.9 Å². The van der Waals surface area contributed by atoms with E-state index in [-0.39, 0.29) is 5.69 Å². The zero-order chi connectivity index (χ0) is 20.1. The average molecular weight is 452 g/mol. The van der Waals surface area contributed by atoms with Crippen LogP contribution < -0.4 is 10.5 Å². The van der Waals surface area contributed by atoms with Crippen LogP contribution in [0.15, 0.2) is 46.9 Å². The second kappa shape index (κ2) is 6.73. The maximum absolute atomic E-state index is 12.3. The number of benzene rings is 2. The van der Waals surface area contributed by atoms with Crippen molar-refractivity contribution in [2.45, 2.75) is 20.0 Å². The summed E-state index contributed by atoms with van der Waals surface area (Å²) >= 11 is 3.51. The minimum Gasteiger partial charge on any atom is -0.491 e. The normalized spacial score (nSPS) is 12.9. The zero-order valence-corrected chi connectivity index (χ0v) is 17.3. The molecule has 0 spiro atoms. The van der Waals surface area contributed by atoms with Gasteiger partial charge >= 0.3 is 0 Å². The fraction of sp³-hybridized carbons (Fsp3) is 0.190. The number of hydrogen-bond donors (Lipinski definition) is 1. The molecular weight excluding hydrogens is 434 g/mol. The van der Waals surface area contributed by atoms with Gasteiger partial charge in [-0.25, -0.2) is 9.97 Å². The molecule has 0 bridgehead atoms. The van der Waals surface area contributed by atoms with Crippen molar-refractivity contribution in [3.8, 4) is 17.1 Å². The Morgan fingerprint density at radius 3 is 2.90 bits per heavy atom. The first-order valence-corrected chi connectivity index (χ1v) is 10.1. The van der Waals surface area contributed by atoms with Gasteiger partial charge in [0.15, 0.2) is 5.69 Å². The average Bonchev–Trinajstić information content (AvgIpc) is 3.15. The van der Waals surface area contributed by atoms with Gasteiger partial charge < -0.3 is 19.6 Å². The molecule has 1 aliphatic rings. The molecule has 2 aromatic carbocycles. The summed E-state index contributed by atoms with van der Waals surface area (Å²) in [6.45, 7) is 3.45. The van der Waals surface area contributed by atoms with E-state index < -0.39 is 5.91 Å². The Bertz CT molecular complexity index is 1270. The lowest BCUT2D eigenvalue weighted by Crippen LogP contribution is -2.19. The highest BCUT2D eigenvalue weighted by Crippen LogP contribution is 2.36. The number of aromatic nitrogens is 4. The van der Waals surface area contributed by atoms with Crippen LogP contribution in [0, 0.1) is 6.92 Å². The summed E-state index contributed by atoms with van der Waals surface area (Å²) < 4.78 is 10.9. The fourth-order valence-corrected chi connectivity index (χ4v) is 4.25. The summed E-state index contributed by atoms with van der Waals surface area (Å²) in [7, 11) is 0. The van der Waals surface area contributed by atoms with Crippen molar-refractivity contribution < 1.29 is 9.53 Å². The van der Waals surface area contributed by atoms with E-state index in [2.05, 4.69) is 30.5 Å². The number of carbonyl (C=O) groups excluding carboxylic acids is 1. The highest BCUT2D eigenvalue weighted by atomic mass is 79.9. The summed E-state index contributed by atoms with van der Waals surface area (Å²) in [5.41, 5.74) is 9.51. The SMILES string of the molecule is Cc1nc2ccccc2n1Cc1c(C(N)=O)nc2n1CCOc1ccc(Br)cc1-2. The maximum atomic E-state index is 12.3. The van der Waals surface area contributed by atoms with Crippen LogP contribution in [0.1, 0.15) is 22.0 Å². The number of ether oxygens (including phenoxy) is 1. The molecule has 2 aromatic heterocycles. The first kappa shape index (κ1) is 17.9. The predicted molar refractivity (Wildman–Crippen MR) is 113 cm³/mol. The molecule has 1 amide bonds. The van der Waals surface area contributed by atoms with Gasteiger partial charge in [0.1, 0.15) is 24.0 Å². The summed E-state index contributed by atoms with van der Waals surface area (Å²) in [4.78, 5) is 21.5. The van der Waals surface area contributed by atoms with Crippen LogP contribution in [0.25, 0.3) is 22.4 Å². The second-order valence-corrected chi connectivity index (χ2v) is 7.89. The lowest BCUT2D eigenvalue weighted by molar-refractivity contribution is 0.0994. The number of para-hydroxylation sites is 2. The number of aryl methyl sites for hydroxylation is 1. The van der Waals surface area contributed by atoms with Crippen molar-refractivity contribution in [1.29, 1.82) is 0 Å². The molecule has 0 unspecified atom stereocenters. The van der Waals surface area contributed by atoms with E-state index in [1.807, 2.05) is 54.0 Å². The number of amides is 1. The van der Waals surface area contributed by atoms with Gasteiger partial charge in [-0.1, -0.05) is 28.1 Å². The van der Waals surface area contributed by atoms with E-state index in [1.165, 1.54) is 0 Å². The molecule has 8 heteroatoms. The molecule has 0 aliphatic carbocycles. The van der Waals surface area contributed by atoms with E-state index in [1.54, 1.807) is 0 Å². The third-order valence-corrected chi connectivity index (χ3v) is 5.71. The molecule has 0 radical (unpaired) electrons. The number of nitrogens with two attached hydrogens (primary N) is 1. The molecule has 29 heavy (non-hydrogen) atoms. The Balaban J connectivity index is 1.72. The summed E-state index contributed by atoms with van der Waals surface area (Å²) in [5.74, 6) is 1.75. The van der Waals surface area contributed by atoms with Gasteiger partial charge in [0.05, 0.1) is 35.4 Å². The minimum absolute atomic E-state index is 0.282. The highest BCUT2D eigenvalue weighted by molar-refractivity contribution is 9.10. The number of imidazole rings is 2. The number of halogens is 1. The third kappa shape index (κ3) is 2.91. The van der Waals surface area contributed by atoms with Crippen molar-refractivity contribution in [3.05, 3.63) is 64.1 Å². The Kier molecular flexibility index (Phi) is 4.16. The number of nitrogens with zero attached hydrogens (tertiary/aromatic N) is 4. The lowest BCUT2D eigenvalue weighted by Gasteiger charge is -2.12. The van der Waals surface area contributed by atoms with Crippen LogP contribution in [0.5, 0.6) is 5.75 Å². The molecule has 146 valence electrons. The standard InChI is InChI=1S/C21H18BrN5O2/c1-12-24-15-4-2-3-5-16(15)27(12)11-17-19(20(23)28)25-21-14-10-13(22)6-7-18(14)29-9-8-26(17)21/h2-7,10H,8-9,11H2,1H3,(H2,23,28). The molecule has 0 saturated carbocycles. The van der Waals surface area contributed by atoms with Crippen LogP contribution in [0.2, 0.25) is 0 Å². The van der Waals surface area contributed by atoms with E-state index in [9.17, 15) is 4.79 Å². The largest absolute Gasteiger partial charge is 0.491 e. The van der Waals surface area contributed by atoms with E-state index in [4.69, 9.17) is 10.5 Å². The monoisotopic (exact) mass is 451 g/mol. The molecular formula is C21H18BrN5O2. The first-order chi connectivity index (χ1) is 14.0. The number of primary amides is 1. The summed E-state index contributed by atoms with van der Waals surface area (Å²) in [6.07, 6.45) is 0. The van der Waals surface area contributed by atoms with Crippen molar-refractivity contribution in [2.75, 3.05) is 6.61 Å². The van der Waals surface area contributed by atoms with Gasteiger partial charge in [0.25, 0.3) is 5.91 Å². The number of hydrogen-bond acceptors (Lipinski definition) is 4. The third-order valence-electron chi connectivity index (χ3n) is 5.21. The molecule has 4 aromatic rings. The fourth-order valence-electron chi connectivity index (χ4n) is 3.89. The van der Waals surface area contributed by atoms with E-state index in [0.717, 1.165) is 38.3 Å². The zero-order valence-electron chi connectivity index (χ0n) is 15.7. The topological polar surface area (TPSA) is 88.0 Å². The molecule has 7 nitrogen and oxygen atoms in total. The number of rotatable bonds is 3. The Morgan fingerprint density at radius 1 is 1.24 bits per heavy atom. The van der Waals surface area contributed by atoms with Crippen LogP contribution in [-0.2, 0) is 13.1 Å². The van der Waals surface area contributed by atoms with Crippen molar-refractivity contribution >= 4 is 32.9 Å². The van der Waals surface area contributed by atoms with Gasteiger partial charge in [0, 0.05) is 4.47 Å². The highest BCUT2D eigenvalue weighted by Gasteiger charge is 2.26. The molecule has 3 heterocycles. The molecule has 0 saturated heterocycles. The van der Waals surface area contributed by atoms with Crippen molar-refractivity contribution in [2.24, 2.45) is 5.73 Å². The molecule has 0 fully saturated rings. The molecule has 1 aliphatic heterocycles. The van der Waals surface area contributed by atoms with Crippen LogP contribution in [-0.4, -0.2) is 31.6 Å². The summed E-state index contributed by atoms with van der Waals surface area (Å²) in [5, 5.41) is 0. The maximum Gasteiger partial charge on any atom is 0.269 e. The van der Waals surface area contributed by atoms with Gasteiger partial charge in [-0.3, -0.25) is 4.79 Å². The van der Waals surface area contributed by atoms with E-state index in [0.29, 0.717) is 25.5 Å². The van der Waals surface area contributed by atoms with Gasteiger partial charge in [-0.05, 0) is 37.3 Å². The Hall–Kier alpha value is -3.13. The smallest absolute Gasteiger partial charge is 0.269 e. The quantitative estimate of drug-likeness (QED) is 0.516. The lowest BCUT2D eigenvalue weighted by atomic mass is 10.2. The van der Waals surface area contributed by atoms with Gasteiger partial charge in [-0.15, -0.1) is 0 Å². The first-order valence-electron chi connectivity index (χ1n) is 9.26. The van der Waals surface area contributed by atoms with Crippen LogP contribution in [0.4, 0.5) is 0 Å². The number of carbonyl (C=O) groups is 1.